The molecule has 1 heterocycles. The molecule has 7 nitrogen and oxygen atoms in total. The van der Waals surface area contributed by atoms with E-state index in [1.54, 1.807) is 7.11 Å². The summed E-state index contributed by atoms with van der Waals surface area (Å²) in [6.45, 7) is 0.548. The van der Waals surface area contributed by atoms with Gasteiger partial charge in [0.25, 0.3) is 0 Å². The molecule has 0 amide bonds. The van der Waals surface area contributed by atoms with Gasteiger partial charge in [-0.15, -0.1) is 0 Å². The Morgan fingerprint density at radius 3 is 2.70 bits per heavy atom. The fraction of sp³-hybridized carbons (Fsp3) is 0.231. The standard InChI is InChI=1S/C13H17N5O2/c1-19-7-9-4-3-5-10(6-9)17-12-11(20-2)13(18-14)16-8-15-12/h3-6,8H,7,14H2,1-2H3,(H2,15,16,17,18). The molecule has 0 spiro atoms. The molecule has 0 saturated heterocycles. The SMILES string of the molecule is COCc1cccc(Nc2ncnc(NN)c2OC)c1. The lowest BCUT2D eigenvalue weighted by Crippen LogP contribution is -2.11. The number of anilines is 3. The van der Waals surface area contributed by atoms with Gasteiger partial charge in [-0.05, 0) is 17.7 Å². The minimum absolute atomic E-state index is 0.415. The number of nitrogen functional groups attached to an aromatic ring is 1. The number of hydrogen-bond donors (Lipinski definition) is 3. The predicted octanol–water partition coefficient (Wildman–Crippen LogP) is 1.66. The van der Waals surface area contributed by atoms with Crippen LogP contribution in [0.15, 0.2) is 30.6 Å². The van der Waals surface area contributed by atoms with Gasteiger partial charge in [0.1, 0.15) is 6.33 Å². The number of nitrogens with two attached hydrogens (primary N) is 1. The average Bonchev–Trinajstić information content (AvgIpc) is 2.47. The van der Waals surface area contributed by atoms with E-state index in [0.29, 0.717) is 24.0 Å². The Morgan fingerprint density at radius 1 is 1.20 bits per heavy atom. The van der Waals surface area contributed by atoms with Crippen molar-refractivity contribution in [2.45, 2.75) is 6.61 Å². The summed E-state index contributed by atoms with van der Waals surface area (Å²) in [5.74, 6) is 6.79. The number of hydrazine groups is 1. The minimum Gasteiger partial charge on any atom is -0.490 e. The molecule has 0 atom stereocenters. The molecule has 7 heteroatoms. The van der Waals surface area contributed by atoms with Crippen LogP contribution in [0.2, 0.25) is 0 Å². The number of methoxy groups -OCH3 is 2. The molecule has 4 N–H and O–H groups in total. The third kappa shape index (κ3) is 3.14. The molecule has 106 valence electrons. The number of ether oxygens (including phenoxy) is 2. The summed E-state index contributed by atoms with van der Waals surface area (Å²) < 4.78 is 10.4. The van der Waals surface area contributed by atoms with Crippen molar-refractivity contribution in [3.8, 4) is 5.75 Å². The number of aromatic nitrogens is 2. The van der Waals surface area contributed by atoms with Gasteiger partial charge in [0.15, 0.2) is 11.6 Å². The molecule has 2 rings (SSSR count). The molecular weight excluding hydrogens is 258 g/mol. The zero-order valence-corrected chi connectivity index (χ0v) is 11.4. The molecule has 0 saturated carbocycles. The third-order valence-corrected chi connectivity index (χ3v) is 2.65. The second kappa shape index (κ2) is 6.69. The zero-order chi connectivity index (χ0) is 14.4. The van der Waals surface area contributed by atoms with Gasteiger partial charge < -0.3 is 20.2 Å². The van der Waals surface area contributed by atoms with Gasteiger partial charge in [-0.2, -0.15) is 0 Å². The van der Waals surface area contributed by atoms with E-state index in [-0.39, 0.29) is 0 Å². The van der Waals surface area contributed by atoms with Crippen LogP contribution in [-0.4, -0.2) is 24.2 Å². The highest BCUT2D eigenvalue weighted by Crippen LogP contribution is 2.30. The lowest BCUT2D eigenvalue weighted by Gasteiger charge is -2.13. The Morgan fingerprint density at radius 2 is 2.00 bits per heavy atom. The van der Waals surface area contributed by atoms with Gasteiger partial charge in [-0.1, -0.05) is 12.1 Å². The number of nitrogens with zero attached hydrogens (tertiary/aromatic N) is 2. The molecule has 0 fully saturated rings. The van der Waals surface area contributed by atoms with Crippen LogP contribution in [0, 0.1) is 0 Å². The van der Waals surface area contributed by atoms with Crippen molar-refractivity contribution in [3.63, 3.8) is 0 Å². The maximum absolute atomic E-state index is 5.39. The van der Waals surface area contributed by atoms with Crippen LogP contribution in [0.25, 0.3) is 0 Å². The molecule has 0 bridgehead atoms. The molecule has 0 aliphatic carbocycles. The van der Waals surface area contributed by atoms with Crippen molar-refractivity contribution in [2.24, 2.45) is 5.84 Å². The summed E-state index contributed by atoms with van der Waals surface area (Å²) in [7, 11) is 3.19. The molecule has 0 aliphatic heterocycles. The van der Waals surface area contributed by atoms with Crippen molar-refractivity contribution in [2.75, 3.05) is 25.0 Å². The first-order valence-electron chi connectivity index (χ1n) is 5.99. The van der Waals surface area contributed by atoms with E-state index in [2.05, 4.69) is 20.7 Å². The van der Waals surface area contributed by atoms with E-state index in [1.165, 1.54) is 13.4 Å². The first kappa shape index (κ1) is 14.0. The summed E-state index contributed by atoms with van der Waals surface area (Å²) in [4.78, 5) is 8.14. The first-order chi connectivity index (χ1) is 9.78. The van der Waals surface area contributed by atoms with Crippen LogP contribution in [0.5, 0.6) is 5.75 Å². The first-order valence-corrected chi connectivity index (χ1v) is 5.99. The second-order valence-electron chi connectivity index (χ2n) is 4.01. The zero-order valence-electron chi connectivity index (χ0n) is 11.4. The predicted molar refractivity (Wildman–Crippen MR) is 76.8 cm³/mol. The van der Waals surface area contributed by atoms with E-state index >= 15 is 0 Å². The fourth-order valence-corrected chi connectivity index (χ4v) is 1.80. The molecule has 20 heavy (non-hydrogen) atoms. The van der Waals surface area contributed by atoms with Crippen molar-refractivity contribution in [1.29, 1.82) is 0 Å². The molecule has 1 aromatic carbocycles. The van der Waals surface area contributed by atoms with Crippen LogP contribution in [-0.2, 0) is 11.3 Å². The van der Waals surface area contributed by atoms with Crippen molar-refractivity contribution >= 4 is 17.3 Å². The highest BCUT2D eigenvalue weighted by Gasteiger charge is 2.11. The minimum atomic E-state index is 0.415. The van der Waals surface area contributed by atoms with Gasteiger partial charge in [-0.3, -0.25) is 0 Å². The molecule has 1 aromatic heterocycles. The number of benzene rings is 1. The Kier molecular flexibility index (Phi) is 4.70. The van der Waals surface area contributed by atoms with E-state index in [9.17, 15) is 0 Å². The van der Waals surface area contributed by atoms with Crippen LogP contribution in [0.3, 0.4) is 0 Å². The maximum Gasteiger partial charge on any atom is 0.205 e. The van der Waals surface area contributed by atoms with Crippen molar-refractivity contribution in [3.05, 3.63) is 36.2 Å². The van der Waals surface area contributed by atoms with Crippen LogP contribution in [0.4, 0.5) is 17.3 Å². The van der Waals surface area contributed by atoms with Crippen molar-refractivity contribution < 1.29 is 9.47 Å². The Bertz CT molecular complexity index is 576. The number of rotatable bonds is 6. The Labute approximate surface area is 117 Å². The fourth-order valence-electron chi connectivity index (χ4n) is 1.80. The smallest absolute Gasteiger partial charge is 0.205 e. The van der Waals surface area contributed by atoms with E-state index < -0.39 is 0 Å². The monoisotopic (exact) mass is 275 g/mol. The van der Waals surface area contributed by atoms with Crippen LogP contribution >= 0.6 is 0 Å². The summed E-state index contributed by atoms with van der Waals surface area (Å²) in [5.41, 5.74) is 4.40. The highest BCUT2D eigenvalue weighted by molar-refractivity contribution is 5.69. The van der Waals surface area contributed by atoms with E-state index in [4.69, 9.17) is 15.3 Å². The second-order valence-corrected chi connectivity index (χ2v) is 4.01. The van der Waals surface area contributed by atoms with Gasteiger partial charge in [0, 0.05) is 12.8 Å². The van der Waals surface area contributed by atoms with Gasteiger partial charge in [0.05, 0.1) is 13.7 Å². The lowest BCUT2D eigenvalue weighted by molar-refractivity contribution is 0.185. The van der Waals surface area contributed by atoms with Gasteiger partial charge >= 0.3 is 0 Å². The number of nitrogens with one attached hydrogen (secondary N) is 2. The average molecular weight is 275 g/mol. The van der Waals surface area contributed by atoms with Crippen LogP contribution < -0.4 is 21.3 Å². The molecule has 0 unspecified atom stereocenters. The molecular formula is C13H17N5O2. The summed E-state index contributed by atoms with van der Waals surface area (Å²) in [6, 6.07) is 7.82. The topological polar surface area (TPSA) is 94.3 Å². The molecule has 2 aromatic rings. The Balaban J connectivity index is 2.27. The summed E-state index contributed by atoms with van der Waals surface area (Å²) in [5, 5.41) is 3.17. The van der Waals surface area contributed by atoms with Gasteiger partial charge in [0.2, 0.25) is 5.75 Å². The highest BCUT2D eigenvalue weighted by atomic mass is 16.5. The molecule has 0 aliphatic rings. The van der Waals surface area contributed by atoms with E-state index in [1.807, 2.05) is 24.3 Å². The van der Waals surface area contributed by atoms with E-state index in [0.717, 1.165) is 11.3 Å². The number of hydrogen-bond acceptors (Lipinski definition) is 7. The maximum atomic E-state index is 5.39. The van der Waals surface area contributed by atoms with Crippen molar-refractivity contribution in [1.82, 2.24) is 9.97 Å². The molecule has 0 radical (unpaired) electrons. The largest absolute Gasteiger partial charge is 0.490 e. The quantitative estimate of drug-likeness (QED) is 0.545. The lowest BCUT2D eigenvalue weighted by atomic mass is 10.2. The summed E-state index contributed by atoms with van der Waals surface area (Å²) in [6.07, 6.45) is 1.40. The normalized spacial score (nSPS) is 10.2. The third-order valence-electron chi connectivity index (χ3n) is 2.65. The van der Waals surface area contributed by atoms with Crippen LogP contribution in [0.1, 0.15) is 5.56 Å². The van der Waals surface area contributed by atoms with Gasteiger partial charge in [-0.25, -0.2) is 15.8 Å². The summed E-state index contributed by atoms with van der Waals surface area (Å²) >= 11 is 0. The Hall–Kier alpha value is -2.38.